The first kappa shape index (κ1) is 17.7. The van der Waals surface area contributed by atoms with Gasteiger partial charge in [0.2, 0.25) is 5.95 Å². The van der Waals surface area contributed by atoms with Gasteiger partial charge in [0.05, 0.1) is 6.54 Å². The minimum Gasteiger partial charge on any atom is -0.491 e. The zero-order valence-electron chi connectivity index (χ0n) is 14.8. The van der Waals surface area contributed by atoms with Gasteiger partial charge in [0.15, 0.2) is 11.2 Å². The molecule has 0 amide bonds. The molecule has 0 radical (unpaired) electrons. The highest BCUT2D eigenvalue weighted by Gasteiger charge is 2.20. The average Bonchev–Trinajstić information content (AvgIpc) is 3.02. The molecule has 3 rings (SSSR count). The molecule has 0 aliphatic carbocycles. The maximum Gasteiger partial charge on any atom is 0.332 e. The Morgan fingerprint density at radius 2 is 1.88 bits per heavy atom. The lowest BCUT2D eigenvalue weighted by Crippen LogP contribution is -2.38. The summed E-state index contributed by atoms with van der Waals surface area (Å²) in [6.07, 6.45) is -0.873. The molecule has 2 heterocycles. The van der Waals surface area contributed by atoms with Gasteiger partial charge in [-0.05, 0) is 12.1 Å². The van der Waals surface area contributed by atoms with E-state index in [4.69, 9.17) is 4.74 Å². The van der Waals surface area contributed by atoms with E-state index < -0.39 is 17.4 Å². The second kappa shape index (κ2) is 7.04. The first-order chi connectivity index (χ1) is 12.4. The molecule has 2 N–H and O–H groups in total. The van der Waals surface area contributed by atoms with Crippen LogP contribution in [0.15, 0.2) is 39.9 Å². The van der Waals surface area contributed by atoms with Crippen molar-refractivity contribution in [3.63, 3.8) is 0 Å². The number of aliphatic hydroxyl groups is 1. The van der Waals surface area contributed by atoms with Gasteiger partial charge in [-0.3, -0.25) is 13.9 Å². The molecule has 2 aromatic heterocycles. The molecule has 1 atom stereocenters. The first-order valence-electron chi connectivity index (χ1n) is 8.14. The second-order valence-electron chi connectivity index (χ2n) is 5.95. The molecule has 0 unspecified atom stereocenters. The lowest BCUT2D eigenvalue weighted by molar-refractivity contribution is 0.0938. The lowest BCUT2D eigenvalue weighted by Gasteiger charge is -2.15. The third kappa shape index (κ3) is 3.08. The number of nitrogens with one attached hydrogen (secondary N) is 1. The predicted octanol–water partition coefficient (Wildman–Crippen LogP) is -0.0847. The van der Waals surface area contributed by atoms with Crippen molar-refractivity contribution >= 4 is 17.1 Å². The Labute approximate surface area is 149 Å². The Hall–Kier alpha value is -3.07. The van der Waals surface area contributed by atoms with Crippen LogP contribution in [-0.4, -0.2) is 43.6 Å². The second-order valence-corrected chi connectivity index (χ2v) is 5.95. The third-order valence-corrected chi connectivity index (χ3v) is 4.15. The van der Waals surface area contributed by atoms with E-state index in [9.17, 15) is 14.7 Å². The number of hydrogen-bond donors (Lipinski definition) is 2. The Morgan fingerprint density at radius 3 is 2.54 bits per heavy atom. The Balaban J connectivity index is 1.94. The van der Waals surface area contributed by atoms with Gasteiger partial charge in [0, 0.05) is 21.1 Å². The summed E-state index contributed by atoms with van der Waals surface area (Å²) >= 11 is 0. The van der Waals surface area contributed by atoms with Crippen LogP contribution in [-0.2, 0) is 20.6 Å². The molecule has 0 saturated carbocycles. The van der Waals surface area contributed by atoms with Crippen LogP contribution in [0.25, 0.3) is 11.2 Å². The zero-order valence-corrected chi connectivity index (χ0v) is 14.8. The van der Waals surface area contributed by atoms with Gasteiger partial charge in [0.25, 0.3) is 5.56 Å². The molecule has 0 spiro atoms. The van der Waals surface area contributed by atoms with Crippen molar-refractivity contribution in [2.45, 2.75) is 12.6 Å². The standard InChI is InChI=1S/C17H21N5O4/c1-18-16-19-14-13(15(24)21(3)17(25)20(14)2)22(16)9-11(23)10-26-12-7-5-4-6-8-12/h4-8,11,23H,9-10H2,1-3H3,(H,18,19)/t11-/m1/s1. The van der Waals surface area contributed by atoms with Crippen molar-refractivity contribution in [2.75, 3.05) is 19.0 Å². The minimum atomic E-state index is -0.873. The third-order valence-electron chi connectivity index (χ3n) is 4.15. The van der Waals surface area contributed by atoms with E-state index in [0.717, 1.165) is 4.57 Å². The summed E-state index contributed by atoms with van der Waals surface area (Å²) in [6.45, 7) is 0.145. The lowest BCUT2D eigenvalue weighted by atomic mass is 10.3. The van der Waals surface area contributed by atoms with Gasteiger partial charge in [-0.1, -0.05) is 18.2 Å². The Bertz CT molecular complexity index is 1040. The highest BCUT2D eigenvalue weighted by atomic mass is 16.5. The molecular weight excluding hydrogens is 338 g/mol. The molecule has 3 aromatic rings. The number of nitrogens with zero attached hydrogens (tertiary/aromatic N) is 4. The van der Waals surface area contributed by atoms with Crippen LogP contribution < -0.4 is 21.3 Å². The van der Waals surface area contributed by atoms with E-state index in [1.165, 1.54) is 11.6 Å². The van der Waals surface area contributed by atoms with E-state index >= 15 is 0 Å². The summed E-state index contributed by atoms with van der Waals surface area (Å²) in [5.41, 5.74) is -0.410. The molecule has 0 saturated heterocycles. The number of benzene rings is 1. The van der Waals surface area contributed by atoms with E-state index in [1.807, 2.05) is 18.2 Å². The SMILES string of the molecule is CNc1nc2c(c(=O)n(C)c(=O)n2C)n1C[C@@H](O)COc1ccccc1. The average molecular weight is 359 g/mol. The van der Waals surface area contributed by atoms with E-state index in [2.05, 4.69) is 10.3 Å². The number of imidazole rings is 1. The summed E-state index contributed by atoms with van der Waals surface area (Å²) in [5, 5.41) is 13.3. The van der Waals surface area contributed by atoms with Crippen molar-refractivity contribution in [2.24, 2.45) is 14.1 Å². The summed E-state index contributed by atoms with van der Waals surface area (Å²) in [6, 6.07) is 9.15. The number of aryl methyl sites for hydroxylation is 1. The Morgan fingerprint density at radius 1 is 1.19 bits per heavy atom. The molecule has 0 bridgehead atoms. The van der Waals surface area contributed by atoms with Gasteiger partial charge in [-0.15, -0.1) is 0 Å². The number of aliphatic hydroxyl groups excluding tert-OH is 1. The first-order valence-corrected chi connectivity index (χ1v) is 8.14. The van der Waals surface area contributed by atoms with E-state index in [1.54, 1.807) is 30.8 Å². The molecule has 26 heavy (non-hydrogen) atoms. The van der Waals surface area contributed by atoms with Crippen molar-refractivity contribution in [3.8, 4) is 5.75 Å². The van der Waals surface area contributed by atoms with Crippen LogP contribution in [0.1, 0.15) is 0 Å². The molecule has 138 valence electrons. The number of anilines is 1. The predicted molar refractivity (Wildman–Crippen MR) is 97.7 cm³/mol. The number of rotatable bonds is 6. The van der Waals surface area contributed by atoms with Crippen LogP contribution >= 0.6 is 0 Å². The van der Waals surface area contributed by atoms with Crippen LogP contribution in [0.4, 0.5) is 5.95 Å². The molecule has 9 nitrogen and oxygen atoms in total. The topological polar surface area (TPSA) is 103 Å². The molecule has 9 heteroatoms. The fraction of sp³-hybridized carbons (Fsp3) is 0.353. The van der Waals surface area contributed by atoms with Crippen LogP contribution in [0.3, 0.4) is 0 Å². The zero-order chi connectivity index (χ0) is 18.8. The monoisotopic (exact) mass is 359 g/mol. The van der Waals surface area contributed by atoms with Gasteiger partial charge in [0.1, 0.15) is 18.5 Å². The Kier molecular flexibility index (Phi) is 4.81. The van der Waals surface area contributed by atoms with Crippen molar-refractivity contribution in [3.05, 3.63) is 51.2 Å². The smallest absolute Gasteiger partial charge is 0.332 e. The normalized spacial score (nSPS) is 12.3. The van der Waals surface area contributed by atoms with Crippen LogP contribution in [0, 0.1) is 0 Å². The maximum atomic E-state index is 12.6. The minimum absolute atomic E-state index is 0.0545. The summed E-state index contributed by atoms with van der Waals surface area (Å²) in [4.78, 5) is 29.0. The molecule has 0 aliphatic rings. The van der Waals surface area contributed by atoms with E-state index in [-0.39, 0.29) is 24.3 Å². The van der Waals surface area contributed by atoms with E-state index in [0.29, 0.717) is 11.7 Å². The fourth-order valence-corrected chi connectivity index (χ4v) is 2.79. The van der Waals surface area contributed by atoms with Crippen molar-refractivity contribution in [1.29, 1.82) is 0 Å². The molecule has 0 fully saturated rings. The van der Waals surface area contributed by atoms with Gasteiger partial charge < -0.3 is 19.7 Å². The molecule has 1 aromatic carbocycles. The van der Waals surface area contributed by atoms with Gasteiger partial charge >= 0.3 is 5.69 Å². The maximum absolute atomic E-state index is 12.6. The van der Waals surface area contributed by atoms with Crippen molar-refractivity contribution in [1.82, 2.24) is 18.7 Å². The summed E-state index contributed by atoms with van der Waals surface area (Å²) in [7, 11) is 4.62. The quantitative estimate of drug-likeness (QED) is 0.638. The highest BCUT2D eigenvalue weighted by molar-refractivity contribution is 5.74. The number of fused-ring (bicyclic) bond motifs is 1. The summed E-state index contributed by atoms with van der Waals surface area (Å²) in [5.74, 6) is 1.03. The van der Waals surface area contributed by atoms with Crippen LogP contribution in [0.2, 0.25) is 0 Å². The van der Waals surface area contributed by atoms with Crippen LogP contribution in [0.5, 0.6) is 5.75 Å². The number of para-hydroxylation sites is 1. The fourth-order valence-electron chi connectivity index (χ4n) is 2.79. The molecule has 0 aliphatic heterocycles. The van der Waals surface area contributed by atoms with Crippen molar-refractivity contribution < 1.29 is 9.84 Å². The van der Waals surface area contributed by atoms with Gasteiger partial charge in [-0.2, -0.15) is 4.98 Å². The largest absolute Gasteiger partial charge is 0.491 e. The highest BCUT2D eigenvalue weighted by Crippen LogP contribution is 2.16. The van der Waals surface area contributed by atoms with Gasteiger partial charge in [-0.25, -0.2) is 4.79 Å². The number of ether oxygens (including phenoxy) is 1. The summed E-state index contributed by atoms with van der Waals surface area (Å²) < 4.78 is 9.45. The molecular formula is C17H21N5O4. The number of hydrogen-bond acceptors (Lipinski definition) is 6. The number of aromatic nitrogens is 4.